The SMILES string of the molecule is COC(C)(C)CCOc1cccc(Cl)c1CCN. The number of ether oxygens (including phenoxy) is 2. The van der Waals surface area contributed by atoms with E-state index in [9.17, 15) is 0 Å². The summed E-state index contributed by atoms with van der Waals surface area (Å²) in [5.74, 6) is 0.819. The summed E-state index contributed by atoms with van der Waals surface area (Å²) in [7, 11) is 1.71. The summed E-state index contributed by atoms with van der Waals surface area (Å²) in [6, 6.07) is 5.67. The molecule has 0 radical (unpaired) electrons. The van der Waals surface area contributed by atoms with Gasteiger partial charge in [0.05, 0.1) is 12.2 Å². The number of rotatable bonds is 7. The molecule has 0 saturated carbocycles. The Bertz CT molecular complexity index is 380. The molecule has 1 aromatic rings. The van der Waals surface area contributed by atoms with Crippen molar-refractivity contribution < 1.29 is 9.47 Å². The van der Waals surface area contributed by atoms with E-state index in [1.807, 2.05) is 32.0 Å². The first-order valence-electron chi connectivity index (χ1n) is 6.15. The molecule has 0 aliphatic rings. The van der Waals surface area contributed by atoms with Gasteiger partial charge in [-0.3, -0.25) is 0 Å². The lowest BCUT2D eigenvalue weighted by molar-refractivity contribution is 0.00538. The number of hydrogen-bond acceptors (Lipinski definition) is 3. The van der Waals surface area contributed by atoms with Gasteiger partial charge in [-0.25, -0.2) is 0 Å². The van der Waals surface area contributed by atoms with Crippen molar-refractivity contribution in [3.63, 3.8) is 0 Å². The fourth-order valence-corrected chi connectivity index (χ4v) is 1.83. The van der Waals surface area contributed by atoms with Gasteiger partial charge in [-0.05, 0) is 38.9 Å². The molecular formula is C14H22ClNO2. The van der Waals surface area contributed by atoms with Crippen molar-refractivity contribution in [1.82, 2.24) is 0 Å². The number of methoxy groups -OCH3 is 1. The summed E-state index contributed by atoms with van der Waals surface area (Å²) in [5, 5.41) is 0.712. The van der Waals surface area contributed by atoms with E-state index in [4.69, 9.17) is 26.8 Å². The zero-order valence-corrected chi connectivity index (χ0v) is 12.1. The van der Waals surface area contributed by atoms with Crippen LogP contribution in [0.5, 0.6) is 5.75 Å². The van der Waals surface area contributed by atoms with Gasteiger partial charge in [0.15, 0.2) is 0 Å². The highest BCUT2D eigenvalue weighted by molar-refractivity contribution is 6.31. The monoisotopic (exact) mass is 271 g/mol. The standard InChI is InChI=1S/C14H22ClNO2/c1-14(2,17-3)8-10-18-13-6-4-5-12(15)11(13)7-9-16/h4-6H,7-10,16H2,1-3H3. The largest absolute Gasteiger partial charge is 0.493 e. The molecule has 0 fully saturated rings. The highest BCUT2D eigenvalue weighted by Crippen LogP contribution is 2.27. The Morgan fingerprint density at radius 1 is 1.33 bits per heavy atom. The van der Waals surface area contributed by atoms with Crippen LogP contribution >= 0.6 is 11.6 Å². The molecule has 0 unspecified atom stereocenters. The Kier molecular flexibility index (Phi) is 5.93. The highest BCUT2D eigenvalue weighted by Gasteiger charge is 2.16. The molecule has 102 valence electrons. The first kappa shape index (κ1) is 15.3. The number of nitrogens with two attached hydrogens (primary N) is 1. The molecule has 2 N–H and O–H groups in total. The van der Waals surface area contributed by atoms with Crippen molar-refractivity contribution >= 4 is 11.6 Å². The maximum absolute atomic E-state index is 6.14. The zero-order valence-electron chi connectivity index (χ0n) is 11.3. The molecule has 0 bridgehead atoms. The number of halogens is 1. The second-order valence-corrected chi connectivity index (χ2v) is 5.22. The van der Waals surface area contributed by atoms with Crippen LogP contribution in [0.4, 0.5) is 0 Å². The summed E-state index contributed by atoms with van der Waals surface area (Å²) in [5.41, 5.74) is 6.39. The minimum atomic E-state index is -0.174. The van der Waals surface area contributed by atoms with Crippen LogP contribution in [0.25, 0.3) is 0 Å². The first-order valence-corrected chi connectivity index (χ1v) is 6.53. The summed E-state index contributed by atoms with van der Waals surface area (Å²) in [6.45, 7) is 5.23. The maximum Gasteiger partial charge on any atom is 0.124 e. The second kappa shape index (κ2) is 6.98. The Morgan fingerprint density at radius 2 is 2.06 bits per heavy atom. The normalized spacial score (nSPS) is 11.6. The Morgan fingerprint density at radius 3 is 2.67 bits per heavy atom. The molecular weight excluding hydrogens is 250 g/mol. The van der Waals surface area contributed by atoms with E-state index in [2.05, 4.69) is 0 Å². The van der Waals surface area contributed by atoms with Crippen LogP contribution in [0.15, 0.2) is 18.2 Å². The topological polar surface area (TPSA) is 44.5 Å². The lowest BCUT2D eigenvalue weighted by Gasteiger charge is -2.23. The third-order valence-electron chi connectivity index (χ3n) is 2.98. The van der Waals surface area contributed by atoms with Gasteiger partial charge in [0.2, 0.25) is 0 Å². The van der Waals surface area contributed by atoms with Gasteiger partial charge in [0.1, 0.15) is 5.75 Å². The molecule has 0 aromatic heterocycles. The van der Waals surface area contributed by atoms with Gasteiger partial charge in [0.25, 0.3) is 0 Å². The van der Waals surface area contributed by atoms with Crippen molar-refractivity contribution in [2.24, 2.45) is 5.73 Å². The lowest BCUT2D eigenvalue weighted by atomic mass is 10.1. The molecule has 4 heteroatoms. The van der Waals surface area contributed by atoms with Gasteiger partial charge < -0.3 is 15.2 Å². The average molecular weight is 272 g/mol. The predicted octanol–water partition coefficient (Wildman–Crippen LogP) is 3.04. The van der Waals surface area contributed by atoms with Crippen LogP contribution < -0.4 is 10.5 Å². The fraction of sp³-hybridized carbons (Fsp3) is 0.571. The fourth-order valence-electron chi connectivity index (χ4n) is 1.57. The van der Waals surface area contributed by atoms with E-state index >= 15 is 0 Å². The lowest BCUT2D eigenvalue weighted by Crippen LogP contribution is -2.25. The quantitative estimate of drug-likeness (QED) is 0.829. The molecule has 0 heterocycles. The van der Waals surface area contributed by atoms with Gasteiger partial charge in [-0.15, -0.1) is 0 Å². The average Bonchev–Trinajstić information content (AvgIpc) is 2.33. The third kappa shape index (κ3) is 4.48. The predicted molar refractivity (Wildman–Crippen MR) is 75.4 cm³/mol. The van der Waals surface area contributed by atoms with Crippen LogP contribution in [0.3, 0.4) is 0 Å². The molecule has 0 spiro atoms. The number of benzene rings is 1. The Labute approximate surface area is 114 Å². The molecule has 3 nitrogen and oxygen atoms in total. The van der Waals surface area contributed by atoms with E-state index in [1.165, 1.54) is 0 Å². The second-order valence-electron chi connectivity index (χ2n) is 4.82. The van der Waals surface area contributed by atoms with Gasteiger partial charge in [-0.2, -0.15) is 0 Å². The summed E-state index contributed by atoms with van der Waals surface area (Å²) in [4.78, 5) is 0. The molecule has 0 aliphatic heterocycles. The summed E-state index contributed by atoms with van der Waals surface area (Å²) < 4.78 is 11.1. The van der Waals surface area contributed by atoms with Crippen molar-refractivity contribution in [2.75, 3.05) is 20.3 Å². The van der Waals surface area contributed by atoms with E-state index in [0.29, 0.717) is 18.2 Å². The summed E-state index contributed by atoms with van der Waals surface area (Å²) in [6.07, 6.45) is 1.54. The van der Waals surface area contributed by atoms with Crippen LogP contribution in [0, 0.1) is 0 Å². The van der Waals surface area contributed by atoms with Crippen molar-refractivity contribution in [2.45, 2.75) is 32.3 Å². The van der Waals surface area contributed by atoms with Crippen LogP contribution in [0.1, 0.15) is 25.8 Å². The minimum Gasteiger partial charge on any atom is -0.493 e. The van der Waals surface area contributed by atoms with Gasteiger partial charge in [0, 0.05) is 24.1 Å². The van der Waals surface area contributed by atoms with Crippen LogP contribution in [-0.4, -0.2) is 25.9 Å². The molecule has 0 atom stereocenters. The van der Waals surface area contributed by atoms with Crippen molar-refractivity contribution in [3.8, 4) is 5.75 Å². The zero-order chi connectivity index (χ0) is 13.6. The first-order chi connectivity index (χ1) is 8.50. The van der Waals surface area contributed by atoms with Crippen LogP contribution in [-0.2, 0) is 11.2 Å². The number of hydrogen-bond donors (Lipinski definition) is 1. The van der Waals surface area contributed by atoms with Crippen molar-refractivity contribution in [1.29, 1.82) is 0 Å². The maximum atomic E-state index is 6.14. The molecule has 0 saturated heterocycles. The molecule has 1 aromatic carbocycles. The Hall–Kier alpha value is -0.770. The Balaban J connectivity index is 2.64. The molecule has 0 amide bonds. The van der Waals surface area contributed by atoms with E-state index in [1.54, 1.807) is 7.11 Å². The van der Waals surface area contributed by atoms with Gasteiger partial charge in [-0.1, -0.05) is 17.7 Å². The molecule has 1 rings (SSSR count). The third-order valence-corrected chi connectivity index (χ3v) is 3.34. The highest BCUT2D eigenvalue weighted by atomic mass is 35.5. The van der Waals surface area contributed by atoms with Crippen LogP contribution in [0.2, 0.25) is 5.02 Å². The van der Waals surface area contributed by atoms with E-state index in [0.717, 1.165) is 24.2 Å². The molecule has 0 aliphatic carbocycles. The van der Waals surface area contributed by atoms with Crippen molar-refractivity contribution in [3.05, 3.63) is 28.8 Å². The van der Waals surface area contributed by atoms with E-state index < -0.39 is 0 Å². The minimum absolute atomic E-state index is 0.174. The smallest absolute Gasteiger partial charge is 0.124 e. The van der Waals surface area contributed by atoms with E-state index in [-0.39, 0.29) is 5.60 Å². The summed E-state index contributed by atoms with van der Waals surface area (Å²) >= 11 is 6.14. The molecule has 18 heavy (non-hydrogen) atoms. The van der Waals surface area contributed by atoms with Gasteiger partial charge >= 0.3 is 0 Å².